The van der Waals surface area contributed by atoms with Gasteiger partial charge in [0.25, 0.3) is 5.91 Å². The Morgan fingerprint density at radius 3 is 3.06 bits per heavy atom. The summed E-state index contributed by atoms with van der Waals surface area (Å²) >= 11 is 0. The van der Waals surface area contributed by atoms with Crippen molar-refractivity contribution in [3.05, 3.63) is 29.7 Å². The van der Waals surface area contributed by atoms with Crippen LogP contribution in [0.2, 0.25) is 0 Å². The number of carbonyl (C=O) groups excluding carboxylic acids is 1. The highest BCUT2D eigenvalue weighted by Crippen LogP contribution is 2.08. The van der Waals surface area contributed by atoms with Crippen molar-refractivity contribution in [3.63, 3.8) is 0 Å². The molecule has 2 rings (SSSR count). The Hall–Kier alpha value is -1.66. The van der Waals surface area contributed by atoms with Crippen LogP contribution in [0.4, 0.5) is 0 Å². The number of halogens is 1. The zero-order valence-electron chi connectivity index (χ0n) is 9.38. The highest BCUT2D eigenvalue weighted by molar-refractivity contribution is 5.99. The molecule has 6 nitrogen and oxygen atoms in total. The first-order chi connectivity index (χ1) is 7.72. The van der Waals surface area contributed by atoms with Gasteiger partial charge in [-0.25, -0.2) is 9.50 Å². The molecule has 1 amide bonds. The molecule has 2 aromatic rings. The van der Waals surface area contributed by atoms with Crippen LogP contribution in [0, 0.1) is 6.92 Å². The molecule has 0 saturated carbocycles. The smallest absolute Gasteiger partial charge is 0.256 e. The van der Waals surface area contributed by atoms with Gasteiger partial charge < -0.3 is 11.1 Å². The van der Waals surface area contributed by atoms with E-state index in [9.17, 15) is 4.79 Å². The molecule has 7 heteroatoms. The first kappa shape index (κ1) is 13.4. The maximum atomic E-state index is 11.7. The van der Waals surface area contributed by atoms with Gasteiger partial charge in [-0.15, -0.1) is 12.4 Å². The summed E-state index contributed by atoms with van der Waals surface area (Å²) in [6, 6.07) is 1.83. The van der Waals surface area contributed by atoms with E-state index in [1.165, 1.54) is 6.20 Å². The van der Waals surface area contributed by atoms with Crippen LogP contribution in [0.5, 0.6) is 0 Å². The fourth-order valence-electron chi connectivity index (χ4n) is 1.40. The minimum atomic E-state index is -0.196. The van der Waals surface area contributed by atoms with Gasteiger partial charge in [0.2, 0.25) is 0 Å². The molecule has 0 radical (unpaired) electrons. The van der Waals surface area contributed by atoms with Crippen molar-refractivity contribution in [3.8, 4) is 0 Å². The Morgan fingerprint density at radius 1 is 1.59 bits per heavy atom. The van der Waals surface area contributed by atoms with E-state index < -0.39 is 0 Å². The third-order valence-corrected chi connectivity index (χ3v) is 2.18. The average molecular weight is 256 g/mol. The molecule has 3 N–H and O–H groups in total. The zero-order valence-corrected chi connectivity index (χ0v) is 10.2. The summed E-state index contributed by atoms with van der Waals surface area (Å²) in [5.74, 6) is -0.196. The first-order valence-electron chi connectivity index (χ1n) is 5.01. The van der Waals surface area contributed by atoms with Crippen molar-refractivity contribution in [2.45, 2.75) is 6.92 Å². The molecule has 0 aliphatic rings. The lowest BCUT2D eigenvalue weighted by Crippen LogP contribution is -2.29. The standard InChI is InChI=1S/C10H13N5O.ClH/c1-7-2-5-15-9(14-7)8(6-13-15)10(16)12-4-3-11;/h2,5-6H,3-4,11H2,1H3,(H,12,16);1H. The highest BCUT2D eigenvalue weighted by Gasteiger charge is 2.12. The van der Waals surface area contributed by atoms with Crippen LogP contribution in [-0.2, 0) is 0 Å². The topological polar surface area (TPSA) is 85.3 Å². The maximum absolute atomic E-state index is 11.7. The third-order valence-electron chi connectivity index (χ3n) is 2.18. The van der Waals surface area contributed by atoms with Crippen molar-refractivity contribution in [1.29, 1.82) is 0 Å². The van der Waals surface area contributed by atoms with Gasteiger partial charge in [0.15, 0.2) is 5.65 Å². The van der Waals surface area contributed by atoms with Crippen LogP contribution in [0.15, 0.2) is 18.5 Å². The summed E-state index contributed by atoms with van der Waals surface area (Å²) in [7, 11) is 0. The van der Waals surface area contributed by atoms with E-state index >= 15 is 0 Å². The molecule has 92 valence electrons. The number of aryl methyl sites for hydroxylation is 1. The van der Waals surface area contributed by atoms with E-state index in [1.807, 2.05) is 13.0 Å². The lowest BCUT2D eigenvalue weighted by atomic mass is 10.3. The Bertz CT molecular complexity index is 524. The molecular formula is C10H14ClN5O. The number of fused-ring (bicyclic) bond motifs is 1. The fourth-order valence-corrected chi connectivity index (χ4v) is 1.40. The zero-order chi connectivity index (χ0) is 11.5. The largest absolute Gasteiger partial charge is 0.351 e. The van der Waals surface area contributed by atoms with Crippen LogP contribution < -0.4 is 11.1 Å². The molecule has 0 saturated heterocycles. The molecule has 0 aliphatic carbocycles. The number of nitrogens with zero attached hydrogens (tertiary/aromatic N) is 3. The molecule has 2 aromatic heterocycles. The minimum absolute atomic E-state index is 0. The third kappa shape index (κ3) is 2.72. The highest BCUT2D eigenvalue weighted by atomic mass is 35.5. The van der Waals surface area contributed by atoms with Crippen molar-refractivity contribution in [1.82, 2.24) is 19.9 Å². The van der Waals surface area contributed by atoms with Gasteiger partial charge in [-0.3, -0.25) is 4.79 Å². The molecule has 0 aliphatic heterocycles. The van der Waals surface area contributed by atoms with Gasteiger partial charge in [0.1, 0.15) is 5.56 Å². The average Bonchev–Trinajstić information content (AvgIpc) is 2.68. The van der Waals surface area contributed by atoms with Crippen LogP contribution in [-0.4, -0.2) is 33.6 Å². The van der Waals surface area contributed by atoms with Crippen molar-refractivity contribution in [2.75, 3.05) is 13.1 Å². The number of aromatic nitrogens is 3. The number of hydrogen-bond acceptors (Lipinski definition) is 4. The lowest BCUT2D eigenvalue weighted by molar-refractivity contribution is 0.0956. The quantitative estimate of drug-likeness (QED) is 0.818. The Kier molecular flexibility index (Phi) is 4.42. The molecule has 17 heavy (non-hydrogen) atoms. The van der Waals surface area contributed by atoms with Crippen LogP contribution in [0.3, 0.4) is 0 Å². The number of hydrogen-bond donors (Lipinski definition) is 2. The number of amides is 1. The van der Waals surface area contributed by atoms with Gasteiger partial charge in [-0.05, 0) is 13.0 Å². The summed E-state index contributed by atoms with van der Waals surface area (Å²) < 4.78 is 1.57. The van der Waals surface area contributed by atoms with Crippen molar-refractivity contribution in [2.24, 2.45) is 5.73 Å². The Balaban J connectivity index is 0.00000144. The van der Waals surface area contributed by atoms with Crippen LogP contribution >= 0.6 is 12.4 Å². The molecule has 0 fully saturated rings. The summed E-state index contributed by atoms with van der Waals surface area (Å²) in [6.07, 6.45) is 3.28. The van der Waals surface area contributed by atoms with Crippen molar-refractivity contribution >= 4 is 24.0 Å². The summed E-state index contributed by atoms with van der Waals surface area (Å²) in [4.78, 5) is 16.0. The molecule has 0 spiro atoms. The first-order valence-corrected chi connectivity index (χ1v) is 5.01. The molecule has 2 heterocycles. The normalized spacial score (nSPS) is 10.0. The number of nitrogens with one attached hydrogen (secondary N) is 1. The Labute approximate surface area is 105 Å². The summed E-state index contributed by atoms with van der Waals surface area (Å²) in [5.41, 5.74) is 7.20. The number of rotatable bonds is 3. The van der Waals surface area contributed by atoms with Gasteiger partial charge in [-0.2, -0.15) is 5.10 Å². The Morgan fingerprint density at radius 2 is 2.35 bits per heavy atom. The van der Waals surface area contributed by atoms with Gasteiger partial charge >= 0.3 is 0 Å². The van der Waals surface area contributed by atoms with E-state index in [2.05, 4.69) is 15.4 Å². The van der Waals surface area contributed by atoms with E-state index in [0.717, 1.165) is 5.69 Å². The van der Waals surface area contributed by atoms with E-state index in [0.29, 0.717) is 24.3 Å². The monoisotopic (exact) mass is 255 g/mol. The predicted octanol–water partition coefficient (Wildman–Crippen LogP) is 0.148. The summed E-state index contributed by atoms with van der Waals surface area (Å²) in [5, 5.41) is 6.74. The fraction of sp³-hybridized carbons (Fsp3) is 0.300. The van der Waals surface area contributed by atoms with Gasteiger partial charge in [0, 0.05) is 25.0 Å². The second-order valence-corrected chi connectivity index (χ2v) is 3.44. The second kappa shape index (κ2) is 5.60. The minimum Gasteiger partial charge on any atom is -0.351 e. The molecule has 0 aromatic carbocycles. The van der Waals surface area contributed by atoms with Crippen molar-refractivity contribution < 1.29 is 4.79 Å². The second-order valence-electron chi connectivity index (χ2n) is 3.44. The van der Waals surface area contributed by atoms with E-state index in [4.69, 9.17) is 5.73 Å². The predicted molar refractivity (Wildman–Crippen MR) is 66.4 cm³/mol. The maximum Gasteiger partial charge on any atom is 0.256 e. The summed E-state index contributed by atoms with van der Waals surface area (Å²) in [6.45, 7) is 2.73. The lowest BCUT2D eigenvalue weighted by Gasteiger charge is -2.01. The van der Waals surface area contributed by atoms with E-state index in [-0.39, 0.29) is 18.3 Å². The van der Waals surface area contributed by atoms with Crippen LogP contribution in [0.25, 0.3) is 5.65 Å². The van der Waals surface area contributed by atoms with E-state index in [1.54, 1.807) is 10.7 Å². The molecular weight excluding hydrogens is 242 g/mol. The SMILES string of the molecule is Cc1ccn2ncc(C(=O)NCCN)c2n1.Cl. The van der Waals surface area contributed by atoms with Crippen LogP contribution in [0.1, 0.15) is 16.1 Å². The van der Waals surface area contributed by atoms with Gasteiger partial charge in [-0.1, -0.05) is 0 Å². The molecule has 0 unspecified atom stereocenters. The number of nitrogens with two attached hydrogens (primary N) is 1. The van der Waals surface area contributed by atoms with Gasteiger partial charge in [0.05, 0.1) is 6.20 Å². The molecule has 0 atom stereocenters. The number of carbonyl (C=O) groups is 1. The molecule has 0 bridgehead atoms.